The third-order valence-corrected chi connectivity index (χ3v) is 5.03. The van der Waals surface area contributed by atoms with Gasteiger partial charge >= 0.3 is 0 Å². The summed E-state index contributed by atoms with van der Waals surface area (Å²) in [6.07, 6.45) is 5.12. The molecule has 30 heavy (non-hydrogen) atoms. The van der Waals surface area contributed by atoms with Gasteiger partial charge in [-0.2, -0.15) is 0 Å². The normalized spacial score (nSPS) is 15.6. The summed E-state index contributed by atoms with van der Waals surface area (Å²) in [5, 5.41) is 0. The van der Waals surface area contributed by atoms with Gasteiger partial charge < -0.3 is 23.7 Å². The molecule has 0 N–H and O–H groups in total. The van der Waals surface area contributed by atoms with Crippen LogP contribution in [0.15, 0.2) is 59.7 Å². The van der Waals surface area contributed by atoms with Crippen molar-refractivity contribution in [3.8, 4) is 5.75 Å². The topological polar surface area (TPSA) is 72.2 Å². The third-order valence-electron chi connectivity index (χ3n) is 5.03. The van der Waals surface area contributed by atoms with Crippen LogP contribution in [-0.2, 0) is 16.1 Å². The molecule has 0 radical (unpaired) electrons. The summed E-state index contributed by atoms with van der Waals surface area (Å²) >= 11 is 0. The first-order valence-corrected chi connectivity index (χ1v) is 10.1. The highest BCUT2D eigenvalue weighted by molar-refractivity contribution is 5.96. The van der Waals surface area contributed by atoms with Gasteiger partial charge in [-0.1, -0.05) is 6.08 Å². The fourth-order valence-electron chi connectivity index (χ4n) is 3.43. The zero-order chi connectivity index (χ0) is 21.3. The van der Waals surface area contributed by atoms with Crippen LogP contribution in [0.2, 0.25) is 0 Å². The Morgan fingerprint density at radius 1 is 1.23 bits per heavy atom. The number of hydrogen-bond donors (Lipinski definition) is 0. The van der Waals surface area contributed by atoms with Crippen molar-refractivity contribution in [2.24, 2.45) is 0 Å². The van der Waals surface area contributed by atoms with E-state index in [-0.39, 0.29) is 31.0 Å². The molecular formula is C23H28N2O5. The van der Waals surface area contributed by atoms with Crippen molar-refractivity contribution in [3.63, 3.8) is 0 Å². The molecule has 2 heterocycles. The fourth-order valence-corrected chi connectivity index (χ4v) is 3.43. The van der Waals surface area contributed by atoms with Crippen molar-refractivity contribution in [2.45, 2.75) is 25.5 Å². The second-order valence-electron chi connectivity index (χ2n) is 7.19. The van der Waals surface area contributed by atoms with Crippen molar-refractivity contribution in [1.29, 1.82) is 0 Å². The Morgan fingerprint density at radius 3 is 2.63 bits per heavy atom. The van der Waals surface area contributed by atoms with Crippen LogP contribution in [0, 0.1) is 0 Å². The van der Waals surface area contributed by atoms with E-state index in [4.69, 9.17) is 13.9 Å². The van der Waals surface area contributed by atoms with E-state index in [9.17, 15) is 9.59 Å². The summed E-state index contributed by atoms with van der Waals surface area (Å²) < 4.78 is 16.3. The molecule has 1 aromatic heterocycles. The molecule has 1 unspecified atom stereocenters. The van der Waals surface area contributed by atoms with Crippen LogP contribution in [0.1, 0.15) is 29.0 Å². The second kappa shape index (κ2) is 10.6. The minimum absolute atomic E-state index is 0.00839. The van der Waals surface area contributed by atoms with E-state index in [1.165, 1.54) is 4.90 Å². The molecule has 1 aromatic carbocycles. The lowest BCUT2D eigenvalue weighted by Gasteiger charge is -2.28. The molecule has 2 amide bonds. The van der Waals surface area contributed by atoms with Crippen molar-refractivity contribution in [2.75, 3.05) is 33.4 Å². The number of nitrogens with zero attached hydrogens (tertiary/aromatic N) is 2. The Kier molecular flexibility index (Phi) is 7.68. The Bertz CT molecular complexity index is 826. The van der Waals surface area contributed by atoms with Gasteiger partial charge in [0.05, 0.1) is 26.0 Å². The minimum Gasteiger partial charge on any atom is -0.497 e. The van der Waals surface area contributed by atoms with E-state index in [0.717, 1.165) is 12.8 Å². The maximum Gasteiger partial charge on any atom is 0.254 e. The number of furan rings is 1. The number of rotatable bonds is 10. The van der Waals surface area contributed by atoms with Gasteiger partial charge in [-0.25, -0.2) is 0 Å². The zero-order valence-electron chi connectivity index (χ0n) is 17.3. The number of ether oxygens (including phenoxy) is 2. The molecule has 1 aliphatic rings. The molecule has 1 saturated heterocycles. The largest absolute Gasteiger partial charge is 0.497 e. The van der Waals surface area contributed by atoms with Crippen molar-refractivity contribution in [3.05, 3.63) is 66.6 Å². The molecule has 3 rings (SSSR count). The number of carbonyl (C=O) groups is 2. The molecule has 1 atom stereocenters. The number of carbonyl (C=O) groups excluding carboxylic acids is 2. The molecule has 160 valence electrons. The Balaban J connectivity index is 1.71. The molecule has 0 aliphatic carbocycles. The molecule has 0 spiro atoms. The molecule has 7 nitrogen and oxygen atoms in total. The molecule has 1 fully saturated rings. The molecular weight excluding hydrogens is 384 g/mol. The minimum atomic E-state index is -0.235. The summed E-state index contributed by atoms with van der Waals surface area (Å²) in [6.45, 7) is 5.47. The Hall–Kier alpha value is -3.06. The van der Waals surface area contributed by atoms with Gasteiger partial charge in [0.15, 0.2) is 0 Å². The SMILES string of the molecule is C=CCN(CC(=O)N(Cc1ccco1)CC1CCCO1)C(=O)c1ccc(OC)cc1. The first kappa shape index (κ1) is 21.6. The summed E-state index contributed by atoms with van der Waals surface area (Å²) in [7, 11) is 1.57. The van der Waals surface area contributed by atoms with Crippen LogP contribution in [-0.4, -0.2) is 61.1 Å². The Morgan fingerprint density at radius 2 is 2.03 bits per heavy atom. The number of amides is 2. The van der Waals surface area contributed by atoms with E-state index in [1.54, 1.807) is 54.7 Å². The van der Waals surface area contributed by atoms with Crippen molar-refractivity contribution >= 4 is 11.8 Å². The van der Waals surface area contributed by atoms with Gasteiger partial charge in [0.25, 0.3) is 5.91 Å². The standard InChI is InChI=1S/C23H28N2O5/c1-3-12-24(23(27)18-8-10-19(28-2)11-9-18)17-22(26)25(15-20-6-4-13-29-20)16-21-7-5-14-30-21/h3-4,6,8-11,13,21H,1,5,7,12,14-17H2,2H3. The highest BCUT2D eigenvalue weighted by atomic mass is 16.5. The van der Waals surface area contributed by atoms with Crippen molar-refractivity contribution < 1.29 is 23.5 Å². The molecule has 7 heteroatoms. The monoisotopic (exact) mass is 412 g/mol. The Labute approximate surface area is 176 Å². The van der Waals surface area contributed by atoms with E-state index < -0.39 is 0 Å². The first-order chi connectivity index (χ1) is 14.6. The average molecular weight is 412 g/mol. The van der Waals surface area contributed by atoms with E-state index in [1.807, 2.05) is 6.07 Å². The highest BCUT2D eigenvalue weighted by Crippen LogP contribution is 2.17. The molecule has 0 saturated carbocycles. The summed E-state index contributed by atoms with van der Waals surface area (Å²) in [6, 6.07) is 10.5. The van der Waals surface area contributed by atoms with E-state index >= 15 is 0 Å². The van der Waals surface area contributed by atoms with E-state index in [0.29, 0.717) is 36.8 Å². The molecule has 2 aromatic rings. The molecule has 1 aliphatic heterocycles. The maximum absolute atomic E-state index is 13.2. The van der Waals surface area contributed by atoms with Gasteiger partial charge in [0.2, 0.25) is 5.91 Å². The van der Waals surface area contributed by atoms with Gasteiger partial charge in [0.1, 0.15) is 18.1 Å². The zero-order valence-corrected chi connectivity index (χ0v) is 17.3. The fraction of sp³-hybridized carbons (Fsp3) is 0.391. The lowest BCUT2D eigenvalue weighted by Crippen LogP contribution is -2.45. The summed E-state index contributed by atoms with van der Waals surface area (Å²) in [5.41, 5.74) is 0.488. The second-order valence-corrected chi connectivity index (χ2v) is 7.19. The predicted molar refractivity (Wildman–Crippen MR) is 112 cm³/mol. The van der Waals surface area contributed by atoms with Gasteiger partial charge in [-0.15, -0.1) is 6.58 Å². The van der Waals surface area contributed by atoms with Crippen LogP contribution in [0.3, 0.4) is 0 Å². The predicted octanol–water partition coefficient (Wildman–Crippen LogP) is 3.12. The highest BCUT2D eigenvalue weighted by Gasteiger charge is 2.26. The van der Waals surface area contributed by atoms with Gasteiger partial charge in [-0.05, 0) is 49.2 Å². The lowest BCUT2D eigenvalue weighted by atomic mass is 10.2. The van der Waals surface area contributed by atoms with Crippen molar-refractivity contribution in [1.82, 2.24) is 9.80 Å². The number of methoxy groups -OCH3 is 1. The quantitative estimate of drug-likeness (QED) is 0.561. The molecule has 0 bridgehead atoms. The smallest absolute Gasteiger partial charge is 0.254 e. The van der Waals surface area contributed by atoms with Crippen LogP contribution in [0.5, 0.6) is 5.75 Å². The van der Waals surface area contributed by atoms with Crippen LogP contribution in [0.25, 0.3) is 0 Å². The summed E-state index contributed by atoms with van der Waals surface area (Å²) in [4.78, 5) is 29.3. The summed E-state index contributed by atoms with van der Waals surface area (Å²) in [5.74, 6) is 0.962. The average Bonchev–Trinajstić information content (AvgIpc) is 3.47. The third kappa shape index (κ3) is 5.73. The van der Waals surface area contributed by atoms with E-state index in [2.05, 4.69) is 6.58 Å². The number of benzene rings is 1. The van der Waals surface area contributed by atoms with Gasteiger partial charge in [0, 0.05) is 25.3 Å². The number of hydrogen-bond acceptors (Lipinski definition) is 5. The maximum atomic E-state index is 13.2. The first-order valence-electron chi connectivity index (χ1n) is 10.1. The van der Waals surface area contributed by atoms with Gasteiger partial charge in [-0.3, -0.25) is 9.59 Å². The van der Waals surface area contributed by atoms with Crippen LogP contribution in [0.4, 0.5) is 0 Å². The van der Waals surface area contributed by atoms with Crippen LogP contribution >= 0.6 is 0 Å². The lowest BCUT2D eigenvalue weighted by molar-refractivity contribution is -0.134. The van der Waals surface area contributed by atoms with Crippen LogP contribution < -0.4 is 4.74 Å².